The lowest BCUT2D eigenvalue weighted by molar-refractivity contribution is 0.165. The van der Waals surface area contributed by atoms with Gasteiger partial charge in [-0.2, -0.15) is 5.26 Å². The second-order valence-electron chi connectivity index (χ2n) is 5.17. The maximum absolute atomic E-state index is 9.08. The molecule has 4 nitrogen and oxygen atoms in total. The molecule has 4 heteroatoms. The first kappa shape index (κ1) is 14.0. The highest BCUT2D eigenvalue weighted by Crippen LogP contribution is 2.18. The predicted molar refractivity (Wildman–Crippen MR) is 75.5 cm³/mol. The van der Waals surface area contributed by atoms with E-state index < -0.39 is 0 Å². The van der Waals surface area contributed by atoms with Crippen LogP contribution in [0.3, 0.4) is 0 Å². The molecule has 1 aromatic heterocycles. The lowest BCUT2D eigenvalue weighted by atomic mass is 9.97. The Bertz CT molecular complexity index is 438. The molecule has 2 heterocycles. The summed E-state index contributed by atoms with van der Waals surface area (Å²) in [6.07, 6.45) is 4.24. The Morgan fingerprint density at radius 2 is 2.47 bits per heavy atom. The summed E-state index contributed by atoms with van der Waals surface area (Å²) >= 11 is 0. The van der Waals surface area contributed by atoms with Gasteiger partial charge in [-0.3, -0.25) is 4.90 Å². The number of pyridine rings is 1. The Balaban J connectivity index is 1.93. The zero-order valence-electron chi connectivity index (χ0n) is 11.6. The van der Waals surface area contributed by atoms with Crippen LogP contribution in [0.5, 0.6) is 0 Å². The second-order valence-corrected chi connectivity index (χ2v) is 5.17. The summed E-state index contributed by atoms with van der Waals surface area (Å²) in [4.78, 5) is 6.58. The van der Waals surface area contributed by atoms with E-state index >= 15 is 0 Å². The van der Waals surface area contributed by atoms with Crippen LogP contribution in [0.25, 0.3) is 0 Å². The van der Waals surface area contributed by atoms with E-state index in [0.717, 1.165) is 44.2 Å². The van der Waals surface area contributed by atoms with Gasteiger partial charge in [0.05, 0.1) is 0 Å². The Kier molecular flexibility index (Phi) is 5.31. The first-order chi connectivity index (χ1) is 9.33. The molecule has 1 atom stereocenters. The number of nitrogens with zero attached hydrogens (tertiary/aromatic N) is 3. The monoisotopic (exact) mass is 258 g/mol. The number of nitrogens with one attached hydrogen (secondary N) is 1. The van der Waals surface area contributed by atoms with E-state index in [1.54, 1.807) is 6.20 Å². The molecule has 1 N–H and O–H groups in total. The van der Waals surface area contributed by atoms with Gasteiger partial charge in [-0.05, 0) is 44.5 Å². The number of nitriles is 1. The van der Waals surface area contributed by atoms with Crippen LogP contribution < -0.4 is 5.32 Å². The summed E-state index contributed by atoms with van der Waals surface area (Å²) < 4.78 is 0. The van der Waals surface area contributed by atoms with Gasteiger partial charge in [0.15, 0.2) is 0 Å². The summed E-state index contributed by atoms with van der Waals surface area (Å²) in [6, 6.07) is 6.11. The van der Waals surface area contributed by atoms with Gasteiger partial charge in [-0.15, -0.1) is 0 Å². The third-order valence-corrected chi connectivity index (χ3v) is 3.68. The number of likely N-dealkylation sites (tertiary alicyclic amines) is 1. The Hall–Kier alpha value is -1.44. The number of aromatic nitrogens is 1. The van der Waals surface area contributed by atoms with Crippen LogP contribution in [-0.4, -0.2) is 36.1 Å². The molecule has 0 saturated carbocycles. The molecule has 1 aliphatic rings. The normalized spacial score (nSPS) is 20.1. The van der Waals surface area contributed by atoms with E-state index in [1.807, 2.05) is 12.1 Å². The van der Waals surface area contributed by atoms with Crippen molar-refractivity contribution in [1.29, 1.82) is 5.26 Å². The second kappa shape index (κ2) is 7.22. The Labute approximate surface area is 115 Å². The van der Waals surface area contributed by atoms with Crippen molar-refractivity contribution in [3.05, 3.63) is 29.6 Å². The molecule has 0 aliphatic carbocycles. The lowest BCUT2D eigenvalue weighted by Crippen LogP contribution is -2.39. The van der Waals surface area contributed by atoms with Crippen LogP contribution >= 0.6 is 0 Å². The SMILES string of the molecule is CCNCC1CCCN(Cc2cccnc2C#N)C1. The fourth-order valence-corrected chi connectivity index (χ4v) is 2.72. The van der Waals surface area contributed by atoms with E-state index in [-0.39, 0.29) is 0 Å². The molecule has 19 heavy (non-hydrogen) atoms. The summed E-state index contributed by atoms with van der Waals surface area (Å²) in [5.74, 6) is 0.732. The number of hydrogen-bond donors (Lipinski definition) is 1. The minimum atomic E-state index is 0.566. The molecule has 1 unspecified atom stereocenters. The first-order valence-corrected chi connectivity index (χ1v) is 7.10. The zero-order chi connectivity index (χ0) is 13.5. The minimum Gasteiger partial charge on any atom is -0.317 e. The van der Waals surface area contributed by atoms with E-state index in [0.29, 0.717) is 5.69 Å². The average Bonchev–Trinajstić information content (AvgIpc) is 2.46. The van der Waals surface area contributed by atoms with Crippen molar-refractivity contribution < 1.29 is 0 Å². The molecule has 102 valence electrons. The molecule has 0 radical (unpaired) electrons. The van der Waals surface area contributed by atoms with Crippen LogP contribution in [-0.2, 0) is 6.54 Å². The van der Waals surface area contributed by atoms with Crippen molar-refractivity contribution in [3.8, 4) is 6.07 Å². The molecule has 0 aromatic carbocycles. The third kappa shape index (κ3) is 4.02. The molecule has 2 rings (SSSR count). The first-order valence-electron chi connectivity index (χ1n) is 7.10. The number of rotatable bonds is 5. The van der Waals surface area contributed by atoms with Gasteiger partial charge in [0, 0.05) is 24.8 Å². The minimum absolute atomic E-state index is 0.566. The Morgan fingerprint density at radius 3 is 3.26 bits per heavy atom. The predicted octanol–water partition coefficient (Wildman–Crippen LogP) is 1.77. The Morgan fingerprint density at radius 1 is 1.58 bits per heavy atom. The van der Waals surface area contributed by atoms with E-state index in [2.05, 4.69) is 28.2 Å². The van der Waals surface area contributed by atoms with Crippen molar-refractivity contribution >= 4 is 0 Å². The van der Waals surface area contributed by atoms with Crippen molar-refractivity contribution in [2.24, 2.45) is 5.92 Å². The standard InChI is InChI=1S/C15H22N4/c1-2-17-10-13-5-4-8-19(11-13)12-14-6-3-7-18-15(14)9-16/h3,6-7,13,17H,2,4-5,8,10-12H2,1H3. The topological polar surface area (TPSA) is 52.0 Å². The van der Waals surface area contributed by atoms with Crippen molar-refractivity contribution in [3.63, 3.8) is 0 Å². The molecule has 1 fully saturated rings. The van der Waals surface area contributed by atoms with Gasteiger partial charge < -0.3 is 5.32 Å². The highest BCUT2D eigenvalue weighted by Gasteiger charge is 2.20. The van der Waals surface area contributed by atoms with Crippen molar-refractivity contribution in [2.45, 2.75) is 26.3 Å². The van der Waals surface area contributed by atoms with Gasteiger partial charge >= 0.3 is 0 Å². The zero-order valence-corrected chi connectivity index (χ0v) is 11.6. The maximum Gasteiger partial charge on any atom is 0.144 e. The summed E-state index contributed by atoms with van der Waals surface area (Å²) in [5.41, 5.74) is 1.62. The fraction of sp³-hybridized carbons (Fsp3) is 0.600. The summed E-state index contributed by atoms with van der Waals surface area (Å²) in [6.45, 7) is 7.38. The molecule has 1 saturated heterocycles. The summed E-state index contributed by atoms with van der Waals surface area (Å²) in [7, 11) is 0. The van der Waals surface area contributed by atoms with Crippen LogP contribution in [0.2, 0.25) is 0 Å². The van der Waals surface area contributed by atoms with Gasteiger partial charge in [-0.25, -0.2) is 4.98 Å². The van der Waals surface area contributed by atoms with Gasteiger partial charge in [0.25, 0.3) is 0 Å². The highest BCUT2D eigenvalue weighted by molar-refractivity contribution is 5.30. The van der Waals surface area contributed by atoms with Crippen LogP contribution in [0.15, 0.2) is 18.3 Å². The van der Waals surface area contributed by atoms with E-state index in [1.165, 1.54) is 12.8 Å². The van der Waals surface area contributed by atoms with Gasteiger partial charge in [-0.1, -0.05) is 13.0 Å². The molecular formula is C15H22N4. The molecule has 1 aromatic rings. The molecular weight excluding hydrogens is 236 g/mol. The molecule has 0 amide bonds. The fourth-order valence-electron chi connectivity index (χ4n) is 2.72. The van der Waals surface area contributed by atoms with Crippen LogP contribution in [0.4, 0.5) is 0 Å². The van der Waals surface area contributed by atoms with Crippen LogP contribution in [0, 0.1) is 17.2 Å². The van der Waals surface area contributed by atoms with Gasteiger partial charge in [0.1, 0.15) is 11.8 Å². The van der Waals surface area contributed by atoms with E-state index in [9.17, 15) is 0 Å². The van der Waals surface area contributed by atoms with Crippen molar-refractivity contribution in [2.75, 3.05) is 26.2 Å². The van der Waals surface area contributed by atoms with Crippen LogP contribution in [0.1, 0.15) is 31.0 Å². The van der Waals surface area contributed by atoms with E-state index in [4.69, 9.17) is 5.26 Å². The third-order valence-electron chi connectivity index (χ3n) is 3.68. The smallest absolute Gasteiger partial charge is 0.144 e. The number of piperidine rings is 1. The maximum atomic E-state index is 9.08. The molecule has 0 bridgehead atoms. The largest absolute Gasteiger partial charge is 0.317 e. The lowest BCUT2D eigenvalue weighted by Gasteiger charge is -2.32. The van der Waals surface area contributed by atoms with Gasteiger partial charge in [0.2, 0.25) is 0 Å². The quantitative estimate of drug-likeness (QED) is 0.874. The average molecular weight is 258 g/mol. The molecule has 1 aliphatic heterocycles. The molecule has 0 spiro atoms. The number of hydrogen-bond acceptors (Lipinski definition) is 4. The van der Waals surface area contributed by atoms with Crippen molar-refractivity contribution in [1.82, 2.24) is 15.2 Å². The summed E-state index contributed by atoms with van der Waals surface area (Å²) in [5, 5.41) is 12.5. The highest BCUT2D eigenvalue weighted by atomic mass is 15.1.